The molecule has 8 N–H and O–H groups in total. The van der Waals surface area contributed by atoms with E-state index in [1.807, 2.05) is 5.97 Å². The van der Waals surface area contributed by atoms with Gasteiger partial charge in [-0.05, 0) is 0 Å². The van der Waals surface area contributed by atoms with Gasteiger partial charge in [0.05, 0.1) is 33.1 Å². The second kappa shape index (κ2) is 11.3. The van der Waals surface area contributed by atoms with Crippen LogP contribution in [0.15, 0.2) is 23.8 Å². The molecule has 4 aromatic heterocycles. The first kappa shape index (κ1) is 29.1. The zero-order valence-electron chi connectivity index (χ0n) is 22.1. The van der Waals surface area contributed by atoms with E-state index in [1.165, 1.54) is 28.0 Å². The molecule has 22 heteroatoms. The molecule has 0 amide bonds. The number of aromatic nitrogens is 8. The quantitative estimate of drug-likeness (QED) is 0.0828. The number of phosphoric ester groups is 1. The van der Waals surface area contributed by atoms with Crippen LogP contribution in [-0.2, 0) is 23.1 Å². The van der Waals surface area contributed by atoms with Crippen molar-refractivity contribution in [3.8, 4) is 5.97 Å². The molecule has 7 atom stereocenters. The molecule has 226 valence electrons. The van der Waals surface area contributed by atoms with Crippen molar-refractivity contribution < 1.29 is 42.7 Å². The number of nitrogens with two attached hydrogens (primary N) is 2. The van der Waals surface area contributed by atoms with Crippen molar-refractivity contribution >= 4 is 49.3 Å². The highest BCUT2D eigenvalue weighted by Crippen LogP contribution is 2.49. The zero-order valence-corrected chi connectivity index (χ0v) is 23.0. The minimum Gasteiger partial charge on any atom is -0.465 e. The maximum absolute atomic E-state index is 12.9. The lowest BCUT2D eigenvalue weighted by Gasteiger charge is -2.21. The number of fused-ring (bicyclic) bond motifs is 2. The molecule has 2 fully saturated rings. The van der Waals surface area contributed by atoms with Crippen LogP contribution in [0.3, 0.4) is 0 Å². The minimum absolute atomic E-state index is 0.00783. The summed E-state index contributed by atoms with van der Waals surface area (Å²) in [5.41, 5.74) is 11.7. The van der Waals surface area contributed by atoms with Gasteiger partial charge < -0.3 is 40.5 Å². The smallest absolute Gasteiger partial charge is 0.465 e. The largest absolute Gasteiger partial charge is 0.472 e. The molecule has 6 heterocycles. The summed E-state index contributed by atoms with van der Waals surface area (Å²) >= 11 is 0. The van der Waals surface area contributed by atoms with Crippen LogP contribution in [-0.4, -0.2) is 94.2 Å². The van der Waals surface area contributed by atoms with Gasteiger partial charge >= 0.3 is 7.82 Å². The van der Waals surface area contributed by atoms with Crippen molar-refractivity contribution in [2.75, 3.05) is 24.7 Å². The molecule has 0 spiro atoms. The van der Waals surface area contributed by atoms with Crippen molar-refractivity contribution in [2.24, 2.45) is 0 Å². The number of hydrogen-bond acceptors (Lipinski definition) is 15. The molecule has 4 aromatic rings. The highest BCUT2D eigenvalue weighted by atomic mass is 31.2. The number of nitrogens with one attached hydrogen (secondary N) is 1. The molecule has 0 bridgehead atoms. The summed E-state index contributed by atoms with van der Waals surface area (Å²) in [6.45, 7) is -1.09. The Bertz CT molecular complexity index is 1830. The molecule has 43 heavy (non-hydrogen) atoms. The highest BCUT2D eigenvalue weighted by Gasteiger charge is 2.45. The average molecular weight is 617 g/mol. The maximum Gasteiger partial charge on any atom is 0.472 e. The summed E-state index contributed by atoms with van der Waals surface area (Å²) in [6, 6.07) is 0. The van der Waals surface area contributed by atoms with Gasteiger partial charge in [0, 0.05) is 12.8 Å². The van der Waals surface area contributed by atoms with E-state index in [1.54, 1.807) is 4.57 Å². The average Bonchev–Trinajstić information content (AvgIpc) is 3.72. The van der Waals surface area contributed by atoms with Crippen LogP contribution in [0.25, 0.3) is 22.3 Å². The Kier molecular flexibility index (Phi) is 7.61. The molecule has 0 aliphatic carbocycles. The van der Waals surface area contributed by atoms with Gasteiger partial charge in [0.1, 0.15) is 36.4 Å². The third-order valence-electron chi connectivity index (χ3n) is 7.09. The van der Waals surface area contributed by atoms with E-state index in [-0.39, 0.29) is 35.8 Å². The Hall–Kier alpha value is -4.00. The number of hydrogen-bond donors (Lipinski definition) is 6. The molecule has 2 aliphatic rings. The van der Waals surface area contributed by atoms with E-state index in [2.05, 4.69) is 24.9 Å². The highest BCUT2D eigenvalue weighted by molar-refractivity contribution is 7.47. The minimum atomic E-state index is -4.78. The van der Waals surface area contributed by atoms with E-state index >= 15 is 0 Å². The lowest BCUT2D eigenvalue weighted by Crippen LogP contribution is -2.41. The molecule has 0 saturated carbocycles. The molecule has 20 nitrogen and oxygen atoms in total. The third-order valence-corrected chi connectivity index (χ3v) is 8.10. The Morgan fingerprint density at radius 3 is 2.74 bits per heavy atom. The van der Waals surface area contributed by atoms with Gasteiger partial charge in [-0.3, -0.25) is 28.7 Å². The van der Waals surface area contributed by atoms with Crippen molar-refractivity contribution in [1.82, 2.24) is 34.1 Å². The summed E-state index contributed by atoms with van der Waals surface area (Å²) in [5, 5.41) is 29.6. The van der Waals surface area contributed by atoms with Crippen molar-refractivity contribution in [3.63, 3.8) is 0 Å². The van der Waals surface area contributed by atoms with Crippen molar-refractivity contribution in [1.29, 1.82) is 5.26 Å². The predicted molar refractivity (Wildman–Crippen MR) is 142 cm³/mol. The number of imidazole rings is 2. The standard InChI is InChI=1S/C21H24BN11O9P/c23-5-22-33-8-32(19-16(33)20(36)30-21(25)29-19)14-2-10(11(3-34)40-14)42-43(37,38)39-4-12-9(35)1-13(41-12)31-7-28-15-17(24)26-6-27-18(15)31/h6-14,34-35H,1-4H2,(H5-,24,25,26,27,29,30,36,37,38)/q-1/p+1. The molecular weight excluding hydrogens is 592 g/mol. The van der Waals surface area contributed by atoms with Gasteiger partial charge in [0.25, 0.3) is 11.2 Å². The van der Waals surface area contributed by atoms with Gasteiger partial charge in [-0.25, -0.2) is 19.5 Å². The second-order valence-corrected chi connectivity index (χ2v) is 11.2. The van der Waals surface area contributed by atoms with Crippen LogP contribution in [0.5, 0.6) is 0 Å². The van der Waals surface area contributed by atoms with Gasteiger partial charge in [-0.1, -0.05) is 0 Å². The molecular formula is C21H25BN11O9P. The first-order chi connectivity index (χ1) is 20.6. The number of nitrogens with zero attached hydrogens (tertiary/aromatic N) is 8. The van der Waals surface area contributed by atoms with Crippen LogP contribution in [0, 0.1) is 11.2 Å². The normalized spacial score (nSPS) is 27.1. The number of nitrogen functional groups attached to an aromatic ring is 2. The Morgan fingerprint density at radius 1 is 1.21 bits per heavy atom. The van der Waals surface area contributed by atoms with Crippen LogP contribution >= 0.6 is 7.82 Å². The van der Waals surface area contributed by atoms with E-state index < -0.39 is 63.5 Å². The Labute approximate surface area is 241 Å². The summed E-state index contributed by atoms with van der Waals surface area (Å²) in [4.78, 5) is 41.7. The number of aliphatic hydroxyl groups is 2. The lowest BCUT2D eigenvalue weighted by molar-refractivity contribution is -0.499. The van der Waals surface area contributed by atoms with E-state index in [0.29, 0.717) is 11.2 Å². The SMILES string of the molecule is N#C[B-][n+]1cn(C2CC(OP(=O)(O)OCC3OC(n4cnc5c(N)ncnc54)CC3O)C(CO)O2)c2nc(N)[nH]c(=O)c21. The monoisotopic (exact) mass is 617 g/mol. The van der Waals surface area contributed by atoms with Crippen LogP contribution in [0.1, 0.15) is 25.3 Å². The maximum atomic E-state index is 12.9. The number of nitriles is 1. The number of ether oxygens (including phenoxy) is 2. The molecule has 0 aromatic carbocycles. The predicted octanol–water partition coefficient (Wildman–Crippen LogP) is -2.60. The van der Waals surface area contributed by atoms with Crippen molar-refractivity contribution in [2.45, 2.75) is 49.7 Å². The summed E-state index contributed by atoms with van der Waals surface area (Å²) in [6.07, 6.45) is -1.80. The fourth-order valence-electron chi connectivity index (χ4n) is 5.13. The van der Waals surface area contributed by atoms with Crippen molar-refractivity contribution in [3.05, 3.63) is 29.3 Å². The fourth-order valence-corrected chi connectivity index (χ4v) is 6.09. The molecule has 2 saturated heterocycles. The van der Waals surface area contributed by atoms with Crippen LogP contribution < -0.4 is 21.5 Å². The molecule has 2 aliphatic heterocycles. The Balaban J connectivity index is 1.13. The first-order valence-corrected chi connectivity index (χ1v) is 14.3. The van der Waals surface area contributed by atoms with Gasteiger partial charge in [0.15, 0.2) is 17.8 Å². The topological polar surface area (TPSA) is 289 Å². The molecule has 7 unspecified atom stereocenters. The number of aromatic amines is 1. The molecule has 6 rings (SSSR count). The number of H-pyrrole nitrogens is 1. The number of phosphoric acid groups is 1. The lowest BCUT2D eigenvalue weighted by atomic mass is 9.98. The van der Waals surface area contributed by atoms with E-state index in [4.69, 9.17) is 35.3 Å². The van der Waals surface area contributed by atoms with Gasteiger partial charge in [-0.2, -0.15) is 15.5 Å². The number of aliphatic hydroxyl groups excluding tert-OH is 2. The first-order valence-electron chi connectivity index (χ1n) is 12.8. The van der Waals surface area contributed by atoms with E-state index in [0.717, 1.165) is 7.41 Å². The number of rotatable bonds is 9. The van der Waals surface area contributed by atoms with Crippen LogP contribution in [0.4, 0.5) is 11.8 Å². The summed E-state index contributed by atoms with van der Waals surface area (Å²) < 4.78 is 39.3. The van der Waals surface area contributed by atoms with Gasteiger partial charge in [-0.15, -0.1) is 0 Å². The Morgan fingerprint density at radius 2 is 1.98 bits per heavy atom. The number of anilines is 2. The second-order valence-electron chi connectivity index (χ2n) is 9.78. The molecule has 2 radical (unpaired) electrons. The summed E-state index contributed by atoms with van der Waals surface area (Å²) in [7, 11) is -3.71. The summed E-state index contributed by atoms with van der Waals surface area (Å²) in [5.74, 6) is 1.82. The van der Waals surface area contributed by atoms with Gasteiger partial charge in [0.2, 0.25) is 17.7 Å². The van der Waals surface area contributed by atoms with E-state index in [9.17, 15) is 24.5 Å². The third kappa shape index (κ3) is 5.46. The van der Waals surface area contributed by atoms with Crippen LogP contribution in [0.2, 0.25) is 0 Å². The fraction of sp³-hybridized carbons (Fsp3) is 0.476. The zero-order chi connectivity index (χ0) is 30.5.